The zero-order valence-electron chi connectivity index (χ0n) is 10.3. The summed E-state index contributed by atoms with van der Waals surface area (Å²) in [5.41, 5.74) is 3.25. The minimum atomic E-state index is 0.0597. The highest BCUT2D eigenvalue weighted by atomic mass is 16.2. The number of amides is 1. The van der Waals surface area contributed by atoms with Crippen molar-refractivity contribution in [2.45, 2.75) is 13.0 Å². The van der Waals surface area contributed by atoms with Crippen molar-refractivity contribution in [2.75, 3.05) is 6.54 Å². The minimum Gasteiger partial charge on any atom is -0.333 e. The van der Waals surface area contributed by atoms with Gasteiger partial charge in [0.2, 0.25) is 0 Å². The summed E-state index contributed by atoms with van der Waals surface area (Å²) in [4.78, 5) is 14.2. The Balaban J connectivity index is 1.84. The van der Waals surface area contributed by atoms with Crippen LogP contribution in [0.2, 0.25) is 0 Å². The monoisotopic (exact) mass is 241 g/mol. The van der Waals surface area contributed by atoms with Crippen LogP contribution in [0.25, 0.3) is 0 Å². The van der Waals surface area contributed by atoms with E-state index in [1.165, 1.54) is 11.1 Å². The van der Waals surface area contributed by atoms with E-state index in [-0.39, 0.29) is 5.91 Å². The van der Waals surface area contributed by atoms with Crippen molar-refractivity contribution in [3.63, 3.8) is 0 Å². The number of aromatic nitrogens is 2. The molecule has 2 heterocycles. The number of aryl methyl sites for hydroxylation is 1. The molecule has 0 N–H and O–H groups in total. The Morgan fingerprint density at radius 3 is 2.72 bits per heavy atom. The largest absolute Gasteiger partial charge is 0.333 e. The lowest BCUT2D eigenvalue weighted by Gasteiger charge is -2.28. The van der Waals surface area contributed by atoms with E-state index >= 15 is 0 Å². The second-order valence-electron chi connectivity index (χ2n) is 4.59. The summed E-state index contributed by atoms with van der Waals surface area (Å²) < 4.78 is 1.63. The SMILES string of the molecule is Cn1nccc1C(=O)N1CCc2ccccc2C1. The molecule has 18 heavy (non-hydrogen) atoms. The number of hydrogen-bond acceptors (Lipinski definition) is 2. The van der Waals surface area contributed by atoms with Gasteiger partial charge in [-0.05, 0) is 23.6 Å². The van der Waals surface area contributed by atoms with Gasteiger partial charge in [0.25, 0.3) is 5.91 Å². The zero-order valence-corrected chi connectivity index (χ0v) is 10.3. The van der Waals surface area contributed by atoms with E-state index in [0.29, 0.717) is 12.2 Å². The third kappa shape index (κ3) is 1.79. The van der Waals surface area contributed by atoms with Crippen LogP contribution < -0.4 is 0 Å². The predicted molar refractivity (Wildman–Crippen MR) is 68.1 cm³/mol. The maximum Gasteiger partial charge on any atom is 0.272 e. The van der Waals surface area contributed by atoms with Crippen LogP contribution in [0.3, 0.4) is 0 Å². The van der Waals surface area contributed by atoms with E-state index in [1.807, 2.05) is 11.0 Å². The first kappa shape index (κ1) is 11.0. The smallest absolute Gasteiger partial charge is 0.272 e. The highest BCUT2D eigenvalue weighted by Gasteiger charge is 2.22. The van der Waals surface area contributed by atoms with E-state index in [4.69, 9.17) is 0 Å². The average Bonchev–Trinajstić information content (AvgIpc) is 2.83. The standard InChI is InChI=1S/C14H15N3O/c1-16-13(6-8-15-16)14(18)17-9-7-11-4-2-3-5-12(11)10-17/h2-6,8H,7,9-10H2,1H3. The van der Waals surface area contributed by atoms with Crippen LogP contribution in [-0.2, 0) is 20.0 Å². The van der Waals surface area contributed by atoms with Gasteiger partial charge in [-0.3, -0.25) is 9.48 Å². The van der Waals surface area contributed by atoms with Crippen LogP contribution in [0.4, 0.5) is 0 Å². The van der Waals surface area contributed by atoms with Gasteiger partial charge >= 0.3 is 0 Å². The summed E-state index contributed by atoms with van der Waals surface area (Å²) in [7, 11) is 1.80. The molecule has 1 aliphatic rings. The summed E-state index contributed by atoms with van der Waals surface area (Å²) in [6.45, 7) is 1.47. The second-order valence-corrected chi connectivity index (χ2v) is 4.59. The Hall–Kier alpha value is -2.10. The Labute approximate surface area is 106 Å². The first-order valence-corrected chi connectivity index (χ1v) is 6.10. The van der Waals surface area contributed by atoms with Gasteiger partial charge in [-0.2, -0.15) is 5.10 Å². The van der Waals surface area contributed by atoms with Crippen LogP contribution in [0.5, 0.6) is 0 Å². The predicted octanol–water partition coefficient (Wildman–Crippen LogP) is 1.62. The fourth-order valence-corrected chi connectivity index (χ4v) is 2.41. The van der Waals surface area contributed by atoms with Crippen molar-refractivity contribution in [3.8, 4) is 0 Å². The molecule has 1 aromatic carbocycles. The molecule has 0 radical (unpaired) electrons. The lowest BCUT2D eigenvalue weighted by Crippen LogP contribution is -2.36. The average molecular weight is 241 g/mol. The quantitative estimate of drug-likeness (QED) is 0.761. The van der Waals surface area contributed by atoms with E-state index in [9.17, 15) is 4.79 Å². The number of carbonyl (C=O) groups is 1. The van der Waals surface area contributed by atoms with Crippen LogP contribution in [0.15, 0.2) is 36.5 Å². The molecule has 1 aromatic heterocycles. The van der Waals surface area contributed by atoms with Crippen molar-refractivity contribution in [1.82, 2.24) is 14.7 Å². The van der Waals surface area contributed by atoms with Crippen LogP contribution >= 0.6 is 0 Å². The van der Waals surface area contributed by atoms with Gasteiger partial charge in [0.15, 0.2) is 0 Å². The number of rotatable bonds is 1. The van der Waals surface area contributed by atoms with E-state index in [0.717, 1.165) is 13.0 Å². The zero-order chi connectivity index (χ0) is 12.5. The number of fused-ring (bicyclic) bond motifs is 1. The molecular formula is C14H15N3O. The van der Waals surface area contributed by atoms with Gasteiger partial charge in [-0.15, -0.1) is 0 Å². The van der Waals surface area contributed by atoms with Gasteiger partial charge < -0.3 is 4.90 Å². The summed E-state index contributed by atoms with van der Waals surface area (Å²) in [5.74, 6) is 0.0597. The lowest BCUT2D eigenvalue weighted by molar-refractivity contribution is 0.0723. The molecule has 0 saturated carbocycles. The molecule has 92 valence electrons. The highest BCUT2D eigenvalue weighted by Crippen LogP contribution is 2.19. The summed E-state index contributed by atoms with van der Waals surface area (Å²) in [6.07, 6.45) is 2.59. The van der Waals surface area contributed by atoms with E-state index in [2.05, 4.69) is 23.3 Å². The van der Waals surface area contributed by atoms with Gasteiger partial charge in [-0.1, -0.05) is 24.3 Å². The Morgan fingerprint density at radius 1 is 1.22 bits per heavy atom. The molecule has 2 aromatic rings. The molecule has 0 fully saturated rings. The molecule has 0 bridgehead atoms. The van der Waals surface area contributed by atoms with Crippen molar-refractivity contribution < 1.29 is 4.79 Å². The molecule has 0 spiro atoms. The number of hydrogen-bond donors (Lipinski definition) is 0. The summed E-state index contributed by atoms with van der Waals surface area (Å²) >= 11 is 0. The molecule has 4 heteroatoms. The third-order valence-electron chi connectivity index (χ3n) is 3.46. The Morgan fingerprint density at radius 2 is 2.00 bits per heavy atom. The normalized spacial score (nSPS) is 14.4. The van der Waals surface area contributed by atoms with Crippen molar-refractivity contribution >= 4 is 5.91 Å². The Kier molecular flexibility index (Phi) is 2.63. The van der Waals surface area contributed by atoms with Crippen LogP contribution in [-0.4, -0.2) is 27.1 Å². The maximum absolute atomic E-state index is 12.4. The van der Waals surface area contributed by atoms with Gasteiger partial charge in [0.05, 0.1) is 0 Å². The minimum absolute atomic E-state index is 0.0597. The van der Waals surface area contributed by atoms with E-state index in [1.54, 1.807) is 24.0 Å². The second kappa shape index (κ2) is 4.29. The first-order valence-electron chi connectivity index (χ1n) is 6.10. The van der Waals surface area contributed by atoms with Crippen LogP contribution in [0, 0.1) is 0 Å². The van der Waals surface area contributed by atoms with Gasteiger partial charge in [0, 0.05) is 26.3 Å². The summed E-state index contributed by atoms with van der Waals surface area (Å²) in [6, 6.07) is 10.1. The maximum atomic E-state index is 12.4. The fourth-order valence-electron chi connectivity index (χ4n) is 2.41. The van der Waals surface area contributed by atoms with Gasteiger partial charge in [-0.25, -0.2) is 0 Å². The number of carbonyl (C=O) groups excluding carboxylic acids is 1. The fraction of sp³-hybridized carbons (Fsp3) is 0.286. The molecule has 0 aliphatic carbocycles. The molecule has 3 rings (SSSR count). The Bertz CT molecular complexity index is 588. The number of nitrogens with zero attached hydrogens (tertiary/aromatic N) is 3. The van der Waals surface area contributed by atoms with Crippen molar-refractivity contribution in [2.24, 2.45) is 7.05 Å². The first-order chi connectivity index (χ1) is 8.75. The lowest BCUT2D eigenvalue weighted by atomic mass is 10.00. The van der Waals surface area contributed by atoms with Crippen molar-refractivity contribution in [3.05, 3.63) is 53.3 Å². The molecule has 0 unspecified atom stereocenters. The number of benzene rings is 1. The molecule has 4 nitrogen and oxygen atoms in total. The molecule has 1 aliphatic heterocycles. The third-order valence-corrected chi connectivity index (χ3v) is 3.46. The van der Waals surface area contributed by atoms with Crippen LogP contribution in [0.1, 0.15) is 21.6 Å². The van der Waals surface area contributed by atoms with Gasteiger partial charge in [0.1, 0.15) is 5.69 Å². The molecule has 0 atom stereocenters. The molecule has 1 amide bonds. The molecular weight excluding hydrogens is 226 g/mol. The van der Waals surface area contributed by atoms with Crippen molar-refractivity contribution in [1.29, 1.82) is 0 Å². The highest BCUT2D eigenvalue weighted by molar-refractivity contribution is 5.92. The topological polar surface area (TPSA) is 38.1 Å². The molecule has 0 saturated heterocycles. The summed E-state index contributed by atoms with van der Waals surface area (Å²) in [5, 5.41) is 4.05. The van der Waals surface area contributed by atoms with E-state index < -0.39 is 0 Å².